The van der Waals surface area contributed by atoms with Gasteiger partial charge in [-0.1, -0.05) is 72.6 Å². The van der Waals surface area contributed by atoms with Crippen LogP contribution in [0.15, 0.2) is 21.7 Å². The average molecular weight is 409 g/mol. The van der Waals surface area contributed by atoms with Gasteiger partial charge < -0.3 is 10.1 Å². The maximum Gasteiger partial charge on any atom is 0.310 e. The molecule has 0 saturated heterocycles. The van der Waals surface area contributed by atoms with Crippen LogP contribution in [0.25, 0.3) is 0 Å². The number of halogens is 3. The van der Waals surface area contributed by atoms with E-state index in [1.165, 1.54) is 12.8 Å². The third-order valence-corrected chi connectivity index (χ3v) is 5.77. The summed E-state index contributed by atoms with van der Waals surface area (Å²) >= 11 is 16.9. The average Bonchev–Trinajstić information content (AvgIpc) is 2.87. The van der Waals surface area contributed by atoms with Crippen LogP contribution in [0.4, 0.5) is 0 Å². The van der Waals surface area contributed by atoms with Crippen molar-refractivity contribution in [2.45, 2.75) is 57.4 Å². The van der Waals surface area contributed by atoms with Gasteiger partial charge in [0.2, 0.25) is 5.91 Å². The fourth-order valence-corrected chi connectivity index (χ4v) is 3.56. The van der Waals surface area contributed by atoms with Crippen LogP contribution < -0.4 is 5.32 Å². The van der Waals surface area contributed by atoms with E-state index in [1.54, 1.807) is 0 Å². The first kappa shape index (κ1) is 20.6. The summed E-state index contributed by atoms with van der Waals surface area (Å²) in [6, 6.07) is 0.213. The zero-order valence-electron chi connectivity index (χ0n) is 14.1. The highest BCUT2D eigenvalue weighted by Crippen LogP contribution is 2.29. The minimum absolute atomic E-state index is 0.0600. The molecule has 0 aromatic heterocycles. The lowest BCUT2D eigenvalue weighted by atomic mass is 9.82. The van der Waals surface area contributed by atoms with Gasteiger partial charge in [0.05, 0.1) is 16.9 Å². The molecule has 1 amide bonds. The Morgan fingerprint density at radius 2 is 1.56 bits per heavy atom. The number of carbonyl (C=O) groups is 2. The molecular formula is C18H24Cl3NO3. The second-order valence-corrected chi connectivity index (χ2v) is 8.03. The Kier molecular flexibility index (Phi) is 8.60. The molecule has 0 aromatic carbocycles. The van der Waals surface area contributed by atoms with Crippen molar-refractivity contribution in [3.8, 4) is 0 Å². The SMILES string of the molecule is O=C(NC1CCCCCC1)[C@H]1CC=CC[C@@H]1C(=O)OCC(Cl)=C(Cl)Cl. The zero-order valence-corrected chi connectivity index (χ0v) is 16.4. The molecule has 2 aliphatic carbocycles. The second kappa shape index (κ2) is 10.4. The first-order valence-electron chi connectivity index (χ1n) is 8.80. The van der Waals surface area contributed by atoms with Crippen molar-refractivity contribution in [1.82, 2.24) is 5.32 Å². The Morgan fingerprint density at radius 1 is 0.960 bits per heavy atom. The first-order chi connectivity index (χ1) is 12.0. The quantitative estimate of drug-likeness (QED) is 0.402. The summed E-state index contributed by atoms with van der Waals surface area (Å²) in [6.07, 6.45) is 11.6. The summed E-state index contributed by atoms with van der Waals surface area (Å²) in [5.41, 5.74) is 0. The zero-order chi connectivity index (χ0) is 18.2. The topological polar surface area (TPSA) is 55.4 Å². The van der Waals surface area contributed by atoms with Gasteiger partial charge in [-0.05, 0) is 25.7 Å². The molecule has 0 unspecified atom stereocenters. The molecular weight excluding hydrogens is 385 g/mol. The van der Waals surface area contributed by atoms with Crippen LogP contribution in [0.5, 0.6) is 0 Å². The lowest BCUT2D eigenvalue weighted by Gasteiger charge is -2.28. The molecule has 0 radical (unpaired) electrons. The van der Waals surface area contributed by atoms with E-state index in [1.807, 2.05) is 12.2 Å². The van der Waals surface area contributed by atoms with Gasteiger partial charge in [0.15, 0.2) is 0 Å². The third-order valence-electron chi connectivity index (χ3n) is 4.82. The van der Waals surface area contributed by atoms with Crippen molar-refractivity contribution < 1.29 is 14.3 Å². The molecule has 0 aromatic rings. The van der Waals surface area contributed by atoms with Crippen LogP contribution in [0.1, 0.15) is 51.4 Å². The van der Waals surface area contributed by atoms with E-state index in [-0.39, 0.29) is 28.1 Å². The number of allylic oxidation sites excluding steroid dienone is 2. The molecule has 0 spiro atoms. The molecule has 1 saturated carbocycles. The summed E-state index contributed by atoms with van der Waals surface area (Å²) < 4.78 is 5.06. The van der Waals surface area contributed by atoms with Crippen molar-refractivity contribution in [2.75, 3.05) is 6.61 Å². The van der Waals surface area contributed by atoms with Gasteiger partial charge in [-0.15, -0.1) is 0 Å². The standard InChI is InChI=1S/C18H24Cl3NO3/c19-15(16(20)21)11-25-18(24)14-10-6-5-9-13(14)17(23)22-12-7-3-1-2-4-8-12/h5-6,12-14H,1-4,7-11H2,(H,22,23)/t13-,14-/m0/s1. The van der Waals surface area contributed by atoms with Crippen molar-refractivity contribution in [2.24, 2.45) is 11.8 Å². The molecule has 2 aliphatic rings. The molecule has 0 aliphatic heterocycles. The summed E-state index contributed by atoms with van der Waals surface area (Å²) in [6.45, 7) is -0.181. The van der Waals surface area contributed by atoms with Crippen LogP contribution in [-0.4, -0.2) is 24.5 Å². The van der Waals surface area contributed by atoms with E-state index in [9.17, 15) is 9.59 Å². The van der Waals surface area contributed by atoms with Gasteiger partial charge in [0.25, 0.3) is 0 Å². The van der Waals surface area contributed by atoms with E-state index in [2.05, 4.69) is 5.32 Å². The molecule has 0 heterocycles. The Labute approximate surface area is 163 Å². The van der Waals surface area contributed by atoms with Gasteiger partial charge in [0.1, 0.15) is 11.1 Å². The van der Waals surface area contributed by atoms with E-state index in [4.69, 9.17) is 39.5 Å². The van der Waals surface area contributed by atoms with Crippen LogP contribution >= 0.6 is 34.8 Å². The molecule has 25 heavy (non-hydrogen) atoms. The van der Waals surface area contributed by atoms with E-state index < -0.39 is 17.8 Å². The number of rotatable bonds is 5. The van der Waals surface area contributed by atoms with Crippen LogP contribution in [-0.2, 0) is 14.3 Å². The number of esters is 1. The minimum Gasteiger partial charge on any atom is -0.460 e. The van der Waals surface area contributed by atoms with Gasteiger partial charge in [-0.2, -0.15) is 0 Å². The first-order valence-corrected chi connectivity index (χ1v) is 9.94. The van der Waals surface area contributed by atoms with E-state index in [0.29, 0.717) is 12.8 Å². The Morgan fingerprint density at radius 3 is 2.16 bits per heavy atom. The van der Waals surface area contributed by atoms with Crippen molar-refractivity contribution >= 4 is 46.7 Å². The highest BCUT2D eigenvalue weighted by Gasteiger charge is 2.36. The predicted molar refractivity (Wildman–Crippen MR) is 101 cm³/mol. The molecule has 140 valence electrons. The van der Waals surface area contributed by atoms with Crippen molar-refractivity contribution in [3.05, 3.63) is 21.7 Å². The number of nitrogens with one attached hydrogen (secondary N) is 1. The second-order valence-electron chi connectivity index (χ2n) is 6.63. The highest BCUT2D eigenvalue weighted by atomic mass is 35.5. The summed E-state index contributed by atoms with van der Waals surface area (Å²) in [5.74, 6) is -1.42. The van der Waals surface area contributed by atoms with Crippen LogP contribution in [0, 0.1) is 11.8 Å². The number of amides is 1. The molecule has 0 bridgehead atoms. The monoisotopic (exact) mass is 407 g/mol. The van der Waals surface area contributed by atoms with Gasteiger partial charge >= 0.3 is 5.97 Å². The van der Waals surface area contributed by atoms with E-state index >= 15 is 0 Å². The van der Waals surface area contributed by atoms with Crippen LogP contribution in [0.2, 0.25) is 0 Å². The minimum atomic E-state index is -0.505. The summed E-state index contributed by atoms with van der Waals surface area (Å²) in [4.78, 5) is 25.1. The molecule has 1 fully saturated rings. The van der Waals surface area contributed by atoms with Gasteiger partial charge in [-0.25, -0.2) is 0 Å². The fraction of sp³-hybridized carbons (Fsp3) is 0.667. The molecule has 4 nitrogen and oxygen atoms in total. The predicted octanol–water partition coefficient (Wildman–Crippen LogP) is 4.84. The largest absolute Gasteiger partial charge is 0.460 e. The number of carbonyl (C=O) groups excluding carboxylic acids is 2. The number of ether oxygens (including phenoxy) is 1. The number of hydrogen-bond donors (Lipinski definition) is 1. The molecule has 2 atom stereocenters. The van der Waals surface area contributed by atoms with Crippen molar-refractivity contribution in [1.29, 1.82) is 0 Å². The summed E-state index contributed by atoms with van der Waals surface area (Å²) in [5, 5.41) is 3.21. The normalized spacial score (nSPS) is 24.3. The van der Waals surface area contributed by atoms with Gasteiger partial charge in [0, 0.05) is 6.04 Å². The van der Waals surface area contributed by atoms with E-state index in [0.717, 1.165) is 25.7 Å². The Balaban J connectivity index is 1.94. The molecule has 1 N–H and O–H groups in total. The molecule has 2 rings (SSSR count). The Bertz CT molecular complexity index is 536. The molecule has 7 heteroatoms. The number of hydrogen-bond acceptors (Lipinski definition) is 3. The lowest BCUT2D eigenvalue weighted by Crippen LogP contribution is -2.43. The third kappa shape index (κ3) is 6.50. The van der Waals surface area contributed by atoms with Crippen LogP contribution in [0.3, 0.4) is 0 Å². The smallest absolute Gasteiger partial charge is 0.310 e. The Hall–Kier alpha value is -0.710. The maximum atomic E-state index is 12.7. The highest BCUT2D eigenvalue weighted by molar-refractivity contribution is 6.59. The van der Waals surface area contributed by atoms with Crippen molar-refractivity contribution in [3.63, 3.8) is 0 Å². The van der Waals surface area contributed by atoms with Gasteiger partial charge in [-0.3, -0.25) is 9.59 Å². The maximum absolute atomic E-state index is 12.7. The summed E-state index contributed by atoms with van der Waals surface area (Å²) in [7, 11) is 0. The lowest BCUT2D eigenvalue weighted by molar-refractivity contribution is -0.152. The fourth-order valence-electron chi connectivity index (χ4n) is 3.39.